The fourth-order valence-electron chi connectivity index (χ4n) is 3.17. The normalized spacial score (nSPS) is 12.2. The number of carbonyl (C=O) groups excluding carboxylic acids is 1. The number of para-hydroxylation sites is 2. The fraction of sp³-hybridized carbons (Fsp3) is 0.190. The molecule has 0 radical (unpaired) electrons. The second kappa shape index (κ2) is 7.48. The molecule has 0 aliphatic heterocycles. The average Bonchev–Trinajstić information content (AvgIpc) is 3.29. The largest absolute Gasteiger partial charge is 0.451 e. The molecule has 0 fully saturated rings. The van der Waals surface area contributed by atoms with Gasteiger partial charge < -0.3 is 9.30 Å². The molecule has 0 saturated carbocycles. The molecule has 0 saturated heterocycles. The Morgan fingerprint density at radius 2 is 1.93 bits per heavy atom. The molecule has 28 heavy (non-hydrogen) atoms. The molecule has 0 N–H and O–H groups in total. The van der Waals surface area contributed by atoms with Gasteiger partial charge in [0.15, 0.2) is 11.9 Å². The van der Waals surface area contributed by atoms with Gasteiger partial charge in [-0.05, 0) is 30.7 Å². The number of hydrogen-bond donors (Lipinski definition) is 0. The zero-order chi connectivity index (χ0) is 19.7. The van der Waals surface area contributed by atoms with Gasteiger partial charge in [0.05, 0.1) is 29.3 Å². The number of halogens is 1. The molecular weight excluding hydrogens is 376 g/mol. The molecule has 0 bridgehead atoms. The van der Waals surface area contributed by atoms with Crippen LogP contribution >= 0.6 is 11.6 Å². The van der Waals surface area contributed by atoms with Gasteiger partial charge in [-0.1, -0.05) is 41.9 Å². The van der Waals surface area contributed by atoms with E-state index in [0.717, 1.165) is 16.6 Å². The summed E-state index contributed by atoms with van der Waals surface area (Å²) in [5.74, 6) is 0.253. The summed E-state index contributed by atoms with van der Waals surface area (Å²) >= 11 is 6.19. The molecule has 0 amide bonds. The third kappa shape index (κ3) is 3.51. The molecule has 0 unspecified atom stereocenters. The van der Waals surface area contributed by atoms with Crippen molar-refractivity contribution in [2.45, 2.75) is 19.6 Å². The zero-order valence-electron chi connectivity index (χ0n) is 15.5. The van der Waals surface area contributed by atoms with E-state index in [-0.39, 0.29) is 0 Å². The topological polar surface area (TPSA) is 61.9 Å². The number of esters is 1. The van der Waals surface area contributed by atoms with Crippen molar-refractivity contribution < 1.29 is 9.53 Å². The Balaban J connectivity index is 1.48. The standard InChI is InChI=1S/C21H19ClN4O2/c1-14(20-24-18-9-5-6-10-19(18)25(20)2)28-21(27)16-11-23-26(13-16)12-15-7-3-4-8-17(15)22/h3-11,13-14H,12H2,1-2H3/t14-/m1/s1. The third-order valence-electron chi connectivity index (χ3n) is 4.63. The smallest absolute Gasteiger partial charge is 0.342 e. The van der Waals surface area contributed by atoms with Crippen molar-refractivity contribution in [3.8, 4) is 0 Å². The molecular formula is C21H19ClN4O2. The number of fused-ring (bicyclic) bond motifs is 1. The molecule has 4 aromatic rings. The first-order valence-corrected chi connectivity index (χ1v) is 9.29. The molecule has 0 aliphatic rings. The highest BCUT2D eigenvalue weighted by Gasteiger charge is 2.20. The number of aryl methyl sites for hydroxylation is 1. The first-order valence-electron chi connectivity index (χ1n) is 8.91. The molecule has 4 rings (SSSR count). The molecule has 142 valence electrons. The first kappa shape index (κ1) is 18.3. The molecule has 2 heterocycles. The van der Waals surface area contributed by atoms with Gasteiger partial charge in [0.1, 0.15) is 0 Å². The van der Waals surface area contributed by atoms with Crippen LogP contribution in [-0.4, -0.2) is 25.3 Å². The van der Waals surface area contributed by atoms with Crippen molar-refractivity contribution in [2.24, 2.45) is 7.05 Å². The highest BCUT2D eigenvalue weighted by Crippen LogP contribution is 2.23. The quantitative estimate of drug-likeness (QED) is 0.471. The lowest BCUT2D eigenvalue weighted by atomic mass is 10.2. The summed E-state index contributed by atoms with van der Waals surface area (Å²) in [4.78, 5) is 17.1. The Hall–Kier alpha value is -3.12. The van der Waals surface area contributed by atoms with Gasteiger partial charge in [0, 0.05) is 18.3 Å². The summed E-state index contributed by atoms with van der Waals surface area (Å²) in [6.07, 6.45) is 2.67. The fourth-order valence-corrected chi connectivity index (χ4v) is 3.36. The number of nitrogens with zero attached hydrogens (tertiary/aromatic N) is 4. The van der Waals surface area contributed by atoms with E-state index in [2.05, 4.69) is 10.1 Å². The lowest BCUT2D eigenvalue weighted by molar-refractivity contribution is 0.0315. The van der Waals surface area contributed by atoms with Gasteiger partial charge in [0.2, 0.25) is 0 Å². The lowest BCUT2D eigenvalue weighted by Crippen LogP contribution is -2.12. The predicted octanol–water partition coefficient (Wildman–Crippen LogP) is 4.39. The lowest BCUT2D eigenvalue weighted by Gasteiger charge is -2.12. The van der Waals surface area contributed by atoms with E-state index in [9.17, 15) is 4.79 Å². The van der Waals surface area contributed by atoms with Gasteiger partial charge in [0.25, 0.3) is 0 Å². The predicted molar refractivity (Wildman–Crippen MR) is 107 cm³/mol. The van der Waals surface area contributed by atoms with E-state index >= 15 is 0 Å². The van der Waals surface area contributed by atoms with Gasteiger partial charge >= 0.3 is 5.97 Å². The number of hydrogen-bond acceptors (Lipinski definition) is 4. The van der Waals surface area contributed by atoms with Crippen LogP contribution in [0.4, 0.5) is 0 Å². The van der Waals surface area contributed by atoms with Crippen LogP contribution in [0.25, 0.3) is 11.0 Å². The summed E-state index contributed by atoms with van der Waals surface area (Å²) in [7, 11) is 1.91. The molecule has 2 aromatic heterocycles. The minimum absolute atomic E-state index is 0.387. The number of carbonyl (C=O) groups is 1. The molecule has 1 atom stereocenters. The van der Waals surface area contributed by atoms with Crippen molar-refractivity contribution in [2.75, 3.05) is 0 Å². The highest BCUT2D eigenvalue weighted by molar-refractivity contribution is 6.31. The Morgan fingerprint density at radius 1 is 1.18 bits per heavy atom. The van der Waals surface area contributed by atoms with Gasteiger partial charge in [-0.25, -0.2) is 9.78 Å². The Kier molecular flexibility index (Phi) is 4.88. The monoisotopic (exact) mass is 394 g/mol. The first-order chi connectivity index (χ1) is 13.5. The van der Waals surface area contributed by atoms with Gasteiger partial charge in [-0.2, -0.15) is 5.10 Å². The van der Waals surface area contributed by atoms with Crippen molar-refractivity contribution in [1.29, 1.82) is 0 Å². The van der Waals surface area contributed by atoms with E-state index in [0.29, 0.717) is 23.0 Å². The van der Waals surface area contributed by atoms with Crippen LogP contribution in [0, 0.1) is 0 Å². The van der Waals surface area contributed by atoms with Crippen LogP contribution in [0.5, 0.6) is 0 Å². The SMILES string of the molecule is C[C@@H](OC(=O)c1cnn(Cc2ccccc2Cl)c1)c1nc2ccccc2n1C. The number of benzene rings is 2. The zero-order valence-corrected chi connectivity index (χ0v) is 16.3. The van der Waals surface area contributed by atoms with Gasteiger partial charge in [-0.15, -0.1) is 0 Å². The third-order valence-corrected chi connectivity index (χ3v) is 5.00. The average molecular weight is 395 g/mol. The Labute approximate surface area is 167 Å². The van der Waals surface area contributed by atoms with Crippen LogP contribution in [-0.2, 0) is 18.3 Å². The summed E-state index contributed by atoms with van der Waals surface area (Å²) in [6, 6.07) is 15.4. The molecule has 0 aliphatic carbocycles. The minimum atomic E-state index is -0.489. The van der Waals surface area contributed by atoms with E-state index in [1.165, 1.54) is 6.20 Å². The Morgan fingerprint density at radius 3 is 2.71 bits per heavy atom. The summed E-state index contributed by atoms with van der Waals surface area (Å²) in [5.41, 5.74) is 3.18. The van der Waals surface area contributed by atoms with Crippen LogP contribution in [0.3, 0.4) is 0 Å². The second-order valence-electron chi connectivity index (χ2n) is 6.58. The highest BCUT2D eigenvalue weighted by atomic mass is 35.5. The summed E-state index contributed by atoms with van der Waals surface area (Å²) in [5, 5.41) is 4.91. The van der Waals surface area contributed by atoms with E-state index < -0.39 is 12.1 Å². The number of ether oxygens (including phenoxy) is 1. The second-order valence-corrected chi connectivity index (χ2v) is 6.99. The van der Waals surface area contributed by atoms with Crippen LogP contribution in [0.15, 0.2) is 60.9 Å². The van der Waals surface area contributed by atoms with Crippen LogP contribution in [0.2, 0.25) is 5.02 Å². The van der Waals surface area contributed by atoms with E-state index in [1.54, 1.807) is 10.9 Å². The maximum Gasteiger partial charge on any atom is 0.342 e. The van der Waals surface area contributed by atoms with E-state index in [1.807, 2.05) is 67.1 Å². The van der Waals surface area contributed by atoms with Crippen molar-refractivity contribution >= 4 is 28.6 Å². The Bertz CT molecular complexity index is 1150. The maximum atomic E-state index is 12.5. The van der Waals surface area contributed by atoms with Crippen molar-refractivity contribution in [1.82, 2.24) is 19.3 Å². The molecule has 7 heteroatoms. The summed E-state index contributed by atoms with van der Waals surface area (Å²) in [6.45, 7) is 2.29. The van der Waals surface area contributed by atoms with Crippen molar-refractivity contribution in [3.05, 3.63) is 82.9 Å². The van der Waals surface area contributed by atoms with Gasteiger partial charge in [-0.3, -0.25) is 4.68 Å². The molecule has 2 aromatic carbocycles. The number of imidazole rings is 1. The number of rotatable bonds is 5. The molecule has 6 nitrogen and oxygen atoms in total. The summed E-state index contributed by atoms with van der Waals surface area (Å²) < 4.78 is 9.22. The van der Waals surface area contributed by atoms with E-state index in [4.69, 9.17) is 16.3 Å². The van der Waals surface area contributed by atoms with Crippen molar-refractivity contribution in [3.63, 3.8) is 0 Å². The minimum Gasteiger partial charge on any atom is -0.451 e. The van der Waals surface area contributed by atoms with Crippen LogP contribution in [0.1, 0.15) is 34.8 Å². The number of aromatic nitrogens is 4. The van der Waals surface area contributed by atoms with Crippen LogP contribution < -0.4 is 0 Å². The molecule has 0 spiro atoms. The maximum absolute atomic E-state index is 12.5.